The number of rotatable bonds is 38. The van der Waals surface area contributed by atoms with Crippen molar-refractivity contribution < 1.29 is 58.2 Å². The molecule has 1 aliphatic heterocycles. The molecule has 10 unspecified atom stereocenters. The lowest BCUT2D eigenvalue weighted by Gasteiger charge is -2.35. The molecule has 0 bridgehead atoms. The van der Waals surface area contributed by atoms with Crippen LogP contribution in [0.5, 0.6) is 0 Å². The minimum Gasteiger partial charge on any atom is -0.395 e. The SMILES string of the molecule is CCCCCCCCC(C)C(=O)N1CCCC1C(=O)NC(CC(C)CC(O)CC(=O)CC)C(=O)NC(C)C(=O)NC(C)(C)C(=O)NC(C(=O)NC(C(=O)NC(C)(C)C(=O)NC(C)(C)C(=O)NC(C)CN(C)CCO)C(C)C)C(C)CC. The molecule has 1 fully saturated rings. The zero-order valence-electron chi connectivity index (χ0n) is 52.5. The summed E-state index contributed by atoms with van der Waals surface area (Å²) in [7, 11) is 1.80. The van der Waals surface area contributed by atoms with Gasteiger partial charge in [0.1, 0.15) is 52.6 Å². The van der Waals surface area contributed by atoms with Gasteiger partial charge >= 0.3 is 0 Å². The van der Waals surface area contributed by atoms with Gasteiger partial charge in [-0.15, -0.1) is 0 Å². The maximum Gasteiger partial charge on any atom is 0.246 e. The first-order valence-electron chi connectivity index (χ1n) is 29.9. The van der Waals surface area contributed by atoms with Gasteiger partial charge in [0.25, 0.3) is 0 Å². The van der Waals surface area contributed by atoms with Crippen molar-refractivity contribution in [1.29, 1.82) is 0 Å². The van der Waals surface area contributed by atoms with E-state index < -0.39 is 112 Å². The van der Waals surface area contributed by atoms with Crippen LogP contribution >= 0.6 is 0 Å². The van der Waals surface area contributed by atoms with Gasteiger partial charge in [0.15, 0.2) is 0 Å². The molecule has 0 aromatic carbocycles. The molecule has 466 valence electrons. The highest BCUT2D eigenvalue weighted by molar-refractivity contribution is 6.00. The highest BCUT2D eigenvalue weighted by Gasteiger charge is 2.42. The second-order valence-corrected chi connectivity index (χ2v) is 25.0. The first-order valence-corrected chi connectivity index (χ1v) is 29.9. The molecule has 0 aromatic rings. The smallest absolute Gasteiger partial charge is 0.246 e. The summed E-state index contributed by atoms with van der Waals surface area (Å²) in [5.41, 5.74) is -4.64. The van der Waals surface area contributed by atoms with E-state index in [1.165, 1.54) is 54.9 Å². The van der Waals surface area contributed by atoms with Crippen LogP contribution in [0, 0.1) is 23.7 Å². The lowest BCUT2D eigenvalue weighted by atomic mass is 9.92. The van der Waals surface area contributed by atoms with Gasteiger partial charge < -0.3 is 62.5 Å². The molecule has 9 amide bonds. The van der Waals surface area contributed by atoms with Crippen molar-refractivity contribution >= 4 is 58.9 Å². The number of hydrogen-bond donors (Lipinski definition) is 10. The Labute approximate surface area is 484 Å². The van der Waals surface area contributed by atoms with Crippen LogP contribution in [-0.2, 0) is 47.9 Å². The molecule has 1 aliphatic rings. The van der Waals surface area contributed by atoms with Crippen molar-refractivity contribution in [2.45, 2.75) is 260 Å². The third kappa shape index (κ3) is 25.4. The Kier molecular flexibility index (Phi) is 31.9. The Morgan fingerprint density at radius 1 is 0.642 bits per heavy atom. The predicted octanol–water partition coefficient (Wildman–Crippen LogP) is 3.28. The zero-order chi connectivity index (χ0) is 62.2. The third-order valence-electron chi connectivity index (χ3n) is 15.3. The summed E-state index contributed by atoms with van der Waals surface area (Å²) < 4.78 is 0. The van der Waals surface area contributed by atoms with Crippen LogP contribution in [0.2, 0.25) is 0 Å². The van der Waals surface area contributed by atoms with E-state index in [0.717, 1.165) is 32.1 Å². The number of hydrogen-bond acceptors (Lipinski definition) is 13. The Bertz CT molecular complexity index is 2080. The number of carbonyl (C=O) groups is 10. The predicted molar refractivity (Wildman–Crippen MR) is 313 cm³/mol. The molecular formula is C59H108N10O12. The molecule has 22 nitrogen and oxygen atoms in total. The van der Waals surface area contributed by atoms with Gasteiger partial charge in [0.05, 0.1) is 12.7 Å². The largest absolute Gasteiger partial charge is 0.395 e. The van der Waals surface area contributed by atoms with Gasteiger partial charge in [-0.1, -0.05) is 100 Å². The number of nitrogens with zero attached hydrogens (tertiary/aromatic N) is 2. The van der Waals surface area contributed by atoms with Gasteiger partial charge in [0, 0.05) is 44.4 Å². The number of likely N-dealkylation sites (tertiary alicyclic amines) is 1. The molecule has 1 saturated heterocycles. The van der Waals surface area contributed by atoms with E-state index in [4.69, 9.17) is 0 Å². The van der Waals surface area contributed by atoms with Crippen molar-refractivity contribution in [3.63, 3.8) is 0 Å². The summed E-state index contributed by atoms with van der Waals surface area (Å²) in [5.74, 6) is -7.18. The third-order valence-corrected chi connectivity index (χ3v) is 15.3. The second-order valence-electron chi connectivity index (χ2n) is 25.0. The fraction of sp³-hybridized carbons (Fsp3) is 0.831. The van der Waals surface area contributed by atoms with E-state index in [9.17, 15) is 58.2 Å². The first kappa shape index (κ1) is 73.8. The van der Waals surface area contributed by atoms with Crippen molar-refractivity contribution in [3.8, 4) is 0 Å². The molecule has 81 heavy (non-hydrogen) atoms. The highest BCUT2D eigenvalue weighted by atomic mass is 16.3. The molecule has 0 spiro atoms. The molecule has 0 radical (unpaired) electrons. The van der Waals surface area contributed by atoms with Crippen LogP contribution in [0.25, 0.3) is 0 Å². The summed E-state index contributed by atoms with van der Waals surface area (Å²) >= 11 is 0. The minimum atomic E-state index is -1.67. The average molecular weight is 1150 g/mol. The summed E-state index contributed by atoms with van der Waals surface area (Å²) in [6, 6.07) is -5.98. The fourth-order valence-electron chi connectivity index (χ4n) is 9.67. The monoisotopic (exact) mass is 1150 g/mol. The highest BCUT2D eigenvalue weighted by Crippen LogP contribution is 2.24. The average Bonchev–Trinajstić information content (AvgIpc) is 3.97. The van der Waals surface area contributed by atoms with Crippen LogP contribution < -0.4 is 42.5 Å². The maximum absolute atomic E-state index is 14.2. The lowest BCUT2D eigenvalue weighted by Crippen LogP contribution is -2.66. The number of likely N-dealkylation sites (N-methyl/N-ethyl adjacent to an activating group) is 1. The molecule has 22 heteroatoms. The van der Waals surface area contributed by atoms with Crippen LogP contribution in [0.1, 0.15) is 201 Å². The summed E-state index contributed by atoms with van der Waals surface area (Å²) in [4.78, 5) is 140. The van der Waals surface area contributed by atoms with E-state index >= 15 is 0 Å². The number of amides is 9. The number of nitrogens with one attached hydrogen (secondary N) is 8. The number of ketones is 1. The van der Waals surface area contributed by atoms with Crippen molar-refractivity contribution in [3.05, 3.63) is 0 Å². The Morgan fingerprint density at radius 2 is 1.21 bits per heavy atom. The van der Waals surface area contributed by atoms with E-state index in [2.05, 4.69) is 49.5 Å². The van der Waals surface area contributed by atoms with E-state index in [-0.39, 0.29) is 61.9 Å². The molecular weight excluding hydrogens is 1040 g/mol. The van der Waals surface area contributed by atoms with Crippen LogP contribution in [0.3, 0.4) is 0 Å². The molecule has 0 aromatic heterocycles. The molecule has 0 saturated carbocycles. The fourth-order valence-corrected chi connectivity index (χ4v) is 9.67. The first-order chi connectivity index (χ1) is 37.6. The van der Waals surface area contributed by atoms with E-state index in [1.54, 1.807) is 53.5 Å². The van der Waals surface area contributed by atoms with Gasteiger partial charge in [-0.3, -0.25) is 47.9 Å². The van der Waals surface area contributed by atoms with Gasteiger partial charge in [0.2, 0.25) is 53.2 Å². The minimum absolute atomic E-state index is 0.0301. The van der Waals surface area contributed by atoms with Crippen LogP contribution in [0.4, 0.5) is 0 Å². The van der Waals surface area contributed by atoms with Gasteiger partial charge in [-0.25, -0.2) is 0 Å². The second kappa shape index (κ2) is 35.0. The van der Waals surface area contributed by atoms with Crippen LogP contribution in [0.15, 0.2) is 0 Å². The number of carbonyl (C=O) groups excluding carboxylic acids is 10. The zero-order valence-corrected chi connectivity index (χ0v) is 52.5. The number of Topliss-reactive ketones (excluding diaryl/α,β-unsaturated/α-hetero) is 1. The Balaban J connectivity index is 3.23. The summed E-state index contributed by atoms with van der Waals surface area (Å²) in [6.45, 7) is 27.7. The van der Waals surface area contributed by atoms with Crippen LogP contribution in [-0.4, -0.2) is 171 Å². The molecule has 1 rings (SSSR count). The van der Waals surface area contributed by atoms with Crippen molar-refractivity contribution in [1.82, 2.24) is 52.3 Å². The molecule has 0 aliphatic carbocycles. The number of aliphatic hydroxyl groups excluding tert-OH is 2. The van der Waals surface area contributed by atoms with Gasteiger partial charge in [-0.2, -0.15) is 0 Å². The lowest BCUT2D eigenvalue weighted by molar-refractivity contribution is -0.142. The number of unbranched alkanes of at least 4 members (excludes halogenated alkanes) is 5. The number of aliphatic hydroxyl groups is 2. The summed E-state index contributed by atoms with van der Waals surface area (Å²) in [6.07, 6.45) is 8.06. The van der Waals surface area contributed by atoms with Gasteiger partial charge in [-0.05, 0) is 112 Å². The standard InChI is InChI=1S/C59H108N10O12/c1-18-21-22-23-24-25-27-39(8)53(78)69-29-26-28-45(69)50(75)62-44(33-37(6)32-43(72)34-42(71)20-3)49(74)61-41(10)48(73)65-57(11,12)55(80)64-47(38(7)19-2)51(76)63-46(36(4)5)52(77)66-59(15,16)56(81)67-58(13,14)54(79)60-40(9)35-68(17)30-31-70/h36-41,43-47,70,72H,18-35H2,1-17H3,(H,60,79)(H,61,74)(H,62,75)(H,63,76)(H,64,80)(H,65,73)(H,66,77)(H,67,81). The van der Waals surface area contributed by atoms with E-state index in [1.807, 2.05) is 18.7 Å². The van der Waals surface area contributed by atoms with Crippen molar-refractivity contribution in [2.24, 2.45) is 23.7 Å². The normalized spacial score (nSPS) is 17.3. The maximum atomic E-state index is 14.2. The molecule has 1 heterocycles. The van der Waals surface area contributed by atoms with Crippen molar-refractivity contribution in [2.75, 3.05) is 33.3 Å². The molecule has 10 N–H and O–H groups in total. The van der Waals surface area contributed by atoms with E-state index in [0.29, 0.717) is 45.3 Å². The topological polar surface area (TPSA) is 314 Å². The Hall–Kier alpha value is -5.22. The Morgan fingerprint density at radius 3 is 1.79 bits per heavy atom. The summed E-state index contributed by atoms with van der Waals surface area (Å²) in [5, 5.41) is 41.9. The quantitative estimate of drug-likeness (QED) is 0.0398. The molecule has 10 atom stereocenters.